The molecule has 3 rings (SSSR count). The minimum atomic E-state index is -0.486. The number of aliphatic hydroxyl groups excluding tert-OH is 1. The lowest BCUT2D eigenvalue weighted by atomic mass is 9.97. The van der Waals surface area contributed by atoms with Crippen molar-refractivity contribution in [3.05, 3.63) is 27.4 Å². The van der Waals surface area contributed by atoms with Gasteiger partial charge in [0.25, 0.3) is 5.69 Å². The van der Waals surface area contributed by atoms with E-state index >= 15 is 0 Å². The molecule has 126 valence electrons. The zero-order valence-corrected chi connectivity index (χ0v) is 13.7. The summed E-state index contributed by atoms with van der Waals surface area (Å²) >= 11 is 6.19. The number of pyridine rings is 1. The first-order chi connectivity index (χ1) is 11.0. The number of nitrogens with zero attached hydrogens (tertiary/aromatic N) is 4. The third-order valence-corrected chi connectivity index (χ3v) is 4.88. The predicted molar refractivity (Wildman–Crippen MR) is 87.9 cm³/mol. The number of rotatable bonds is 4. The number of likely N-dealkylation sites (tertiary alicyclic amines) is 1. The van der Waals surface area contributed by atoms with Gasteiger partial charge in [0.1, 0.15) is 12.0 Å². The van der Waals surface area contributed by atoms with Gasteiger partial charge in [-0.3, -0.25) is 10.1 Å². The molecule has 0 bridgehead atoms. The summed E-state index contributed by atoms with van der Waals surface area (Å²) in [5, 5.41) is 20.7. The van der Waals surface area contributed by atoms with E-state index in [4.69, 9.17) is 11.6 Å². The van der Waals surface area contributed by atoms with Gasteiger partial charge in [-0.05, 0) is 25.2 Å². The van der Waals surface area contributed by atoms with E-state index in [0.717, 1.165) is 52.0 Å². The summed E-state index contributed by atoms with van der Waals surface area (Å²) in [4.78, 5) is 18.9. The molecular formula is C15H21ClN4O3. The lowest BCUT2D eigenvalue weighted by Gasteiger charge is -2.35. The maximum Gasteiger partial charge on any atom is 0.289 e. The van der Waals surface area contributed by atoms with E-state index in [1.807, 2.05) is 0 Å². The Morgan fingerprint density at radius 1 is 1.39 bits per heavy atom. The number of anilines is 1. The Morgan fingerprint density at radius 3 is 2.87 bits per heavy atom. The summed E-state index contributed by atoms with van der Waals surface area (Å²) in [6, 6.07) is 1.37. The van der Waals surface area contributed by atoms with Crippen molar-refractivity contribution in [1.82, 2.24) is 9.88 Å². The molecule has 1 aromatic heterocycles. The molecule has 0 amide bonds. The van der Waals surface area contributed by atoms with E-state index in [0.29, 0.717) is 16.8 Å². The van der Waals surface area contributed by atoms with Gasteiger partial charge in [0, 0.05) is 38.8 Å². The number of hydrogen-bond acceptors (Lipinski definition) is 6. The Labute approximate surface area is 140 Å². The van der Waals surface area contributed by atoms with Gasteiger partial charge in [-0.2, -0.15) is 0 Å². The van der Waals surface area contributed by atoms with Crippen molar-refractivity contribution < 1.29 is 10.0 Å². The second-order valence-corrected chi connectivity index (χ2v) is 6.82. The van der Waals surface area contributed by atoms with Gasteiger partial charge in [0.2, 0.25) is 0 Å². The van der Waals surface area contributed by atoms with Gasteiger partial charge in [-0.25, -0.2) is 4.98 Å². The highest BCUT2D eigenvalue weighted by atomic mass is 35.5. The van der Waals surface area contributed by atoms with Crippen LogP contribution in [0.4, 0.5) is 11.5 Å². The van der Waals surface area contributed by atoms with Crippen LogP contribution in [-0.2, 0) is 0 Å². The van der Waals surface area contributed by atoms with Crippen molar-refractivity contribution in [2.24, 2.45) is 5.92 Å². The molecule has 0 saturated carbocycles. The van der Waals surface area contributed by atoms with Crippen molar-refractivity contribution in [3.8, 4) is 0 Å². The fourth-order valence-corrected chi connectivity index (χ4v) is 3.78. The molecule has 2 aliphatic heterocycles. The molecule has 3 heterocycles. The van der Waals surface area contributed by atoms with E-state index in [1.54, 1.807) is 0 Å². The van der Waals surface area contributed by atoms with E-state index < -0.39 is 4.92 Å². The Morgan fingerprint density at radius 2 is 2.22 bits per heavy atom. The normalized spacial score (nSPS) is 25.7. The van der Waals surface area contributed by atoms with Crippen LogP contribution in [0.3, 0.4) is 0 Å². The van der Waals surface area contributed by atoms with Gasteiger partial charge in [-0.1, -0.05) is 11.6 Å². The molecule has 8 heteroatoms. The van der Waals surface area contributed by atoms with Gasteiger partial charge < -0.3 is 14.9 Å². The first-order valence-corrected chi connectivity index (χ1v) is 8.36. The van der Waals surface area contributed by atoms with Crippen molar-refractivity contribution in [3.63, 3.8) is 0 Å². The Bertz CT molecular complexity index is 586. The standard InChI is InChI=1S/C15H21ClN4O3/c16-14-6-12(20(22)23)7-17-15(14)19-4-1-2-11(9-19)8-18-5-3-13(21)10-18/h6-7,11,13,21H,1-5,8-10H2/t11-,13-/m0/s1. The molecule has 1 N–H and O–H groups in total. The van der Waals surface area contributed by atoms with Gasteiger partial charge >= 0.3 is 0 Å². The molecule has 7 nitrogen and oxygen atoms in total. The summed E-state index contributed by atoms with van der Waals surface area (Å²) in [7, 11) is 0. The monoisotopic (exact) mass is 340 g/mol. The van der Waals surface area contributed by atoms with E-state index in [9.17, 15) is 15.2 Å². The molecule has 2 saturated heterocycles. The Kier molecular flexibility index (Phi) is 4.99. The SMILES string of the molecule is O=[N+]([O-])c1cnc(N2CCC[C@@H](CN3CC[C@H](O)C3)C2)c(Cl)c1. The van der Waals surface area contributed by atoms with Crippen LogP contribution < -0.4 is 4.90 Å². The van der Waals surface area contributed by atoms with Crippen LogP contribution in [0.25, 0.3) is 0 Å². The van der Waals surface area contributed by atoms with E-state index in [1.165, 1.54) is 12.3 Å². The largest absolute Gasteiger partial charge is 0.392 e. The molecule has 2 fully saturated rings. The van der Waals surface area contributed by atoms with Crippen molar-refractivity contribution in [1.29, 1.82) is 0 Å². The predicted octanol–water partition coefficient (Wildman–Crippen LogP) is 1.93. The van der Waals surface area contributed by atoms with Crippen LogP contribution in [0.5, 0.6) is 0 Å². The van der Waals surface area contributed by atoms with Crippen molar-refractivity contribution >= 4 is 23.1 Å². The number of hydrogen-bond donors (Lipinski definition) is 1. The molecular weight excluding hydrogens is 320 g/mol. The third kappa shape index (κ3) is 3.91. The zero-order valence-electron chi connectivity index (χ0n) is 12.9. The number of nitro groups is 1. The number of β-amino-alcohol motifs (C(OH)–C–C–N with tert-alkyl or cyclic N) is 1. The molecule has 0 radical (unpaired) electrons. The van der Waals surface area contributed by atoms with Gasteiger partial charge in [0.05, 0.1) is 16.0 Å². The van der Waals surface area contributed by atoms with Crippen LogP contribution in [-0.4, -0.2) is 58.7 Å². The van der Waals surface area contributed by atoms with E-state index in [2.05, 4.69) is 14.8 Å². The summed E-state index contributed by atoms with van der Waals surface area (Å²) in [5.74, 6) is 1.13. The quantitative estimate of drug-likeness (QED) is 0.666. The summed E-state index contributed by atoms with van der Waals surface area (Å²) in [6.07, 6.45) is 4.12. The highest BCUT2D eigenvalue weighted by Gasteiger charge is 2.27. The van der Waals surface area contributed by atoms with Crippen LogP contribution in [0, 0.1) is 16.0 Å². The second kappa shape index (κ2) is 6.98. The van der Waals surface area contributed by atoms with Crippen LogP contribution in [0.1, 0.15) is 19.3 Å². The summed E-state index contributed by atoms with van der Waals surface area (Å²) < 4.78 is 0. The summed E-state index contributed by atoms with van der Waals surface area (Å²) in [5.41, 5.74) is -0.0848. The Hall–Kier alpha value is -1.44. The molecule has 0 aliphatic carbocycles. The molecule has 2 aliphatic rings. The fraction of sp³-hybridized carbons (Fsp3) is 0.667. The zero-order chi connectivity index (χ0) is 16.4. The van der Waals surface area contributed by atoms with Crippen molar-refractivity contribution in [2.45, 2.75) is 25.4 Å². The lowest BCUT2D eigenvalue weighted by Crippen LogP contribution is -2.41. The minimum Gasteiger partial charge on any atom is -0.392 e. The van der Waals surface area contributed by atoms with Gasteiger partial charge in [0.15, 0.2) is 0 Å². The van der Waals surface area contributed by atoms with Crippen LogP contribution in [0.2, 0.25) is 5.02 Å². The molecule has 2 atom stereocenters. The number of aromatic nitrogens is 1. The summed E-state index contributed by atoms with van der Waals surface area (Å²) in [6.45, 7) is 4.39. The topological polar surface area (TPSA) is 82.7 Å². The highest BCUT2D eigenvalue weighted by Crippen LogP contribution is 2.30. The van der Waals surface area contributed by atoms with Gasteiger partial charge in [-0.15, -0.1) is 0 Å². The highest BCUT2D eigenvalue weighted by molar-refractivity contribution is 6.33. The molecule has 0 aromatic carbocycles. The average Bonchev–Trinajstić information content (AvgIpc) is 2.92. The maximum atomic E-state index is 10.8. The molecule has 0 unspecified atom stereocenters. The molecule has 1 aromatic rings. The number of aliphatic hydroxyl groups is 1. The van der Waals surface area contributed by atoms with E-state index in [-0.39, 0.29) is 11.8 Å². The second-order valence-electron chi connectivity index (χ2n) is 6.41. The number of piperidine rings is 1. The third-order valence-electron chi connectivity index (χ3n) is 4.60. The van der Waals surface area contributed by atoms with Crippen LogP contribution in [0.15, 0.2) is 12.3 Å². The average molecular weight is 341 g/mol. The molecule has 23 heavy (non-hydrogen) atoms. The van der Waals surface area contributed by atoms with Crippen molar-refractivity contribution in [2.75, 3.05) is 37.6 Å². The lowest BCUT2D eigenvalue weighted by molar-refractivity contribution is -0.385. The molecule has 0 spiro atoms. The van der Waals surface area contributed by atoms with Crippen LogP contribution >= 0.6 is 11.6 Å². The maximum absolute atomic E-state index is 10.8. The fourth-order valence-electron chi connectivity index (χ4n) is 3.50. The minimum absolute atomic E-state index is 0.0848. The smallest absolute Gasteiger partial charge is 0.289 e. The Balaban J connectivity index is 1.65. The first-order valence-electron chi connectivity index (χ1n) is 7.98. The number of halogens is 1. The first kappa shape index (κ1) is 16.4.